The van der Waals surface area contributed by atoms with Gasteiger partial charge < -0.3 is 20.2 Å². The van der Waals surface area contributed by atoms with Crippen LogP contribution in [0.3, 0.4) is 0 Å². The molecule has 2 N–H and O–H groups in total. The molecule has 142 valence electrons. The minimum absolute atomic E-state index is 0.174. The molecule has 1 aliphatic carbocycles. The fourth-order valence-corrected chi connectivity index (χ4v) is 4.15. The molecule has 3 fully saturated rings. The minimum atomic E-state index is 0.174. The van der Waals surface area contributed by atoms with E-state index >= 15 is 0 Å². The molecule has 26 heavy (non-hydrogen) atoms. The number of phenolic OH excluding ortho intramolecular Hbond substituents is 1. The van der Waals surface area contributed by atoms with Crippen LogP contribution in [0.4, 0.5) is 5.69 Å². The molecular formula is C20H30N4O2. The molecule has 0 aromatic heterocycles. The number of nitrogens with one attached hydrogen (secondary N) is 1. The van der Waals surface area contributed by atoms with Crippen molar-refractivity contribution >= 4 is 11.6 Å². The van der Waals surface area contributed by atoms with E-state index in [1.54, 1.807) is 12.1 Å². The van der Waals surface area contributed by atoms with Gasteiger partial charge in [-0.05, 0) is 49.9 Å². The van der Waals surface area contributed by atoms with Crippen LogP contribution in [0.25, 0.3) is 0 Å². The number of aromatic hydroxyl groups is 1. The zero-order valence-electron chi connectivity index (χ0n) is 15.4. The van der Waals surface area contributed by atoms with E-state index in [0.29, 0.717) is 18.3 Å². The number of piperazine rings is 1. The number of hydrogen-bond donors (Lipinski definition) is 2. The van der Waals surface area contributed by atoms with Crippen molar-refractivity contribution in [3.8, 4) is 5.75 Å². The topological polar surface area (TPSA) is 59.1 Å². The summed E-state index contributed by atoms with van der Waals surface area (Å²) in [6, 6.07) is 8.55. The maximum absolute atomic E-state index is 12.4. The molecule has 4 rings (SSSR count). The zero-order chi connectivity index (χ0) is 17.9. The summed E-state index contributed by atoms with van der Waals surface area (Å²) in [4.78, 5) is 19.5. The maximum Gasteiger partial charge on any atom is 0.234 e. The van der Waals surface area contributed by atoms with Crippen molar-refractivity contribution in [2.45, 2.75) is 37.8 Å². The third-order valence-electron chi connectivity index (χ3n) is 5.91. The Bertz CT molecular complexity index is 601. The Morgan fingerprint density at radius 3 is 2.23 bits per heavy atom. The van der Waals surface area contributed by atoms with Crippen molar-refractivity contribution in [1.82, 2.24) is 15.1 Å². The molecule has 6 nitrogen and oxygen atoms in total. The standard InChI is InChI=1S/C20H30N4O2/c25-19-5-3-18(4-6-19)24-13-11-22(12-14-24)15-20(26)21-16-7-9-23(10-8-16)17-1-2-17/h3-6,16-17,25H,1-2,7-15H2,(H,21,26). The second-order valence-electron chi connectivity index (χ2n) is 7.89. The maximum atomic E-state index is 12.4. The Balaban J connectivity index is 1.17. The van der Waals surface area contributed by atoms with Crippen molar-refractivity contribution in [2.24, 2.45) is 0 Å². The van der Waals surface area contributed by atoms with E-state index in [2.05, 4.69) is 20.0 Å². The normalized spacial score (nSPS) is 23.2. The van der Waals surface area contributed by atoms with Crippen LogP contribution >= 0.6 is 0 Å². The Labute approximate surface area is 155 Å². The molecule has 0 radical (unpaired) electrons. The fourth-order valence-electron chi connectivity index (χ4n) is 4.15. The lowest BCUT2D eigenvalue weighted by Crippen LogP contribution is -2.52. The summed E-state index contributed by atoms with van der Waals surface area (Å²) in [5, 5.41) is 12.6. The quantitative estimate of drug-likeness (QED) is 0.830. The highest BCUT2D eigenvalue weighted by Gasteiger charge is 2.32. The predicted molar refractivity (Wildman–Crippen MR) is 103 cm³/mol. The lowest BCUT2D eigenvalue weighted by Gasteiger charge is -2.36. The third kappa shape index (κ3) is 4.48. The van der Waals surface area contributed by atoms with E-state index in [4.69, 9.17) is 0 Å². The minimum Gasteiger partial charge on any atom is -0.508 e. The number of anilines is 1. The second kappa shape index (κ2) is 7.84. The van der Waals surface area contributed by atoms with E-state index in [9.17, 15) is 9.90 Å². The van der Waals surface area contributed by atoms with Crippen molar-refractivity contribution in [2.75, 3.05) is 50.7 Å². The van der Waals surface area contributed by atoms with Crippen LogP contribution in [0.15, 0.2) is 24.3 Å². The number of phenols is 1. The van der Waals surface area contributed by atoms with Crippen LogP contribution in [0.2, 0.25) is 0 Å². The molecule has 1 saturated carbocycles. The largest absolute Gasteiger partial charge is 0.508 e. The van der Waals surface area contributed by atoms with Gasteiger partial charge in [-0.1, -0.05) is 0 Å². The number of amides is 1. The van der Waals surface area contributed by atoms with E-state index in [-0.39, 0.29) is 5.91 Å². The average Bonchev–Trinajstić information content (AvgIpc) is 3.49. The average molecular weight is 358 g/mol. The van der Waals surface area contributed by atoms with Crippen molar-refractivity contribution in [3.63, 3.8) is 0 Å². The predicted octanol–water partition coefficient (Wildman–Crippen LogP) is 1.26. The van der Waals surface area contributed by atoms with Crippen molar-refractivity contribution in [3.05, 3.63) is 24.3 Å². The third-order valence-corrected chi connectivity index (χ3v) is 5.91. The van der Waals surface area contributed by atoms with Gasteiger partial charge in [0.25, 0.3) is 0 Å². The van der Waals surface area contributed by atoms with E-state index in [1.807, 2.05) is 12.1 Å². The molecular weight excluding hydrogens is 328 g/mol. The number of benzene rings is 1. The second-order valence-corrected chi connectivity index (χ2v) is 7.89. The molecule has 0 atom stereocenters. The van der Waals surface area contributed by atoms with E-state index in [1.165, 1.54) is 12.8 Å². The van der Waals surface area contributed by atoms with Gasteiger partial charge in [-0.15, -0.1) is 0 Å². The molecule has 0 bridgehead atoms. The summed E-state index contributed by atoms with van der Waals surface area (Å²) in [6.45, 7) is 6.41. The van der Waals surface area contributed by atoms with Crippen LogP contribution in [-0.4, -0.2) is 78.7 Å². The van der Waals surface area contributed by atoms with Crippen LogP contribution in [0.5, 0.6) is 5.75 Å². The first-order valence-electron chi connectivity index (χ1n) is 9.97. The van der Waals surface area contributed by atoms with Gasteiger partial charge in [-0.25, -0.2) is 0 Å². The summed E-state index contributed by atoms with van der Waals surface area (Å²) in [6.07, 6.45) is 4.92. The summed E-state index contributed by atoms with van der Waals surface area (Å²) >= 11 is 0. The van der Waals surface area contributed by atoms with Gasteiger partial charge in [0.1, 0.15) is 5.75 Å². The van der Waals surface area contributed by atoms with Crippen LogP contribution in [-0.2, 0) is 4.79 Å². The Morgan fingerprint density at radius 2 is 1.62 bits per heavy atom. The van der Waals surface area contributed by atoms with Crippen LogP contribution in [0.1, 0.15) is 25.7 Å². The number of rotatable bonds is 5. The highest BCUT2D eigenvalue weighted by molar-refractivity contribution is 5.78. The lowest BCUT2D eigenvalue weighted by molar-refractivity contribution is -0.123. The number of carbonyl (C=O) groups excluding carboxylic acids is 1. The Kier molecular flexibility index (Phi) is 5.31. The van der Waals surface area contributed by atoms with Gasteiger partial charge in [-0.3, -0.25) is 9.69 Å². The molecule has 1 aromatic rings. The van der Waals surface area contributed by atoms with Gasteiger partial charge in [0.05, 0.1) is 6.54 Å². The number of likely N-dealkylation sites (tertiary alicyclic amines) is 1. The highest BCUT2D eigenvalue weighted by atomic mass is 16.3. The van der Waals surface area contributed by atoms with Crippen LogP contribution < -0.4 is 10.2 Å². The molecule has 1 amide bonds. The SMILES string of the molecule is O=C(CN1CCN(c2ccc(O)cc2)CC1)NC1CCN(C2CC2)CC1. The highest BCUT2D eigenvalue weighted by Crippen LogP contribution is 2.29. The molecule has 2 aliphatic heterocycles. The first-order valence-corrected chi connectivity index (χ1v) is 9.97. The number of hydrogen-bond acceptors (Lipinski definition) is 5. The molecule has 1 aromatic carbocycles. The lowest BCUT2D eigenvalue weighted by atomic mass is 10.0. The Hall–Kier alpha value is -1.79. The molecule has 0 unspecified atom stereocenters. The molecule has 6 heteroatoms. The summed E-state index contributed by atoms with van der Waals surface area (Å²) in [5.74, 6) is 0.472. The van der Waals surface area contributed by atoms with E-state index in [0.717, 1.165) is 63.8 Å². The first kappa shape index (κ1) is 17.6. The molecule has 2 saturated heterocycles. The molecule has 2 heterocycles. The smallest absolute Gasteiger partial charge is 0.234 e. The van der Waals surface area contributed by atoms with E-state index < -0.39 is 0 Å². The van der Waals surface area contributed by atoms with Gasteiger partial charge in [-0.2, -0.15) is 0 Å². The number of carbonyl (C=O) groups is 1. The fraction of sp³-hybridized carbons (Fsp3) is 0.650. The monoisotopic (exact) mass is 358 g/mol. The van der Waals surface area contributed by atoms with Crippen LogP contribution in [0, 0.1) is 0 Å². The first-order chi connectivity index (χ1) is 12.7. The summed E-state index contributed by atoms with van der Waals surface area (Å²) < 4.78 is 0. The van der Waals surface area contributed by atoms with Gasteiger partial charge >= 0.3 is 0 Å². The van der Waals surface area contributed by atoms with Crippen molar-refractivity contribution in [1.29, 1.82) is 0 Å². The molecule has 0 spiro atoms. The molecule has 3 aliphatic rings. The summed E-state index contributed by atoms with van der Waals surface area (Å²) in [5.41, 5.74) is 1.13. The van der Waals surface area contributed by atoms with Gasteiger partial charge in [0, 0.05) is 57.0 Å². The van der Waals surface area contributed by atoms with Crippen molar-refractivity contribution < 1.29 is 9.90 Å². The number of piperidine rings is 1. The van der Waals surface area contributed by atoms with Gasteiger partial charge in [0.2, 0.25) is 5.91 Å². The van der Waals surface area contributed by atoms with Gasteiger partial charge in [0.15, 0.2) is 0 Å². The Morgan fingerprint density at radius 1 is 0.962 bits per heavy atom. The number of nitrogens with zero attached hydrogens (tertiary/aromatic N) is 3. The summed E-state index contributed by atoms with van der Waals surface area (Å²) in [7, 11) is 0. The zero-order valence-corrected chi connectivity index (χ0v) is 15.4.